The second kappa shape index (κ2) is 4.28. The summed E-state index contributed by atoms with van der Waals surface area (Å²) in [6.07, 6.45) is 0. The van der Waals surface area contributed by atoms with Crippen molar-refractivity contribution in [3.63, 3.8) is 0 Å². The average molecular weight is 179 g/mol. The molecular weight excluding hydrogens is 162 g/mol. The maximum atomic E-state index is 9.27. The van der Waals surface area contributed by atoms with Crippen molar-refractivity contribution >= 4 is 0 Å². The summed E-state index contributed by atoms with van der Waals surface area (Å²) in [4.78, 5) is 0. The molecule has 0 aromatic heterocycles. The maximum Gasteiger partial charge on any atom is 0.115 e. The number of rotatable bonds is 3. The van der Waals surface area contributed by atoms with Gasteiger partial charge >= 0.3 is 0 Å². The van der Waals surface area contributed by atoms with E-state index < -0.39 is 0 Å². The molecule has 0 unspecified atom stereocenters. The van der Waals surface area contributed by atoms with E-state index in [0.717, 1.165) is 5.56 Å². The summed E-state index contributed by atoms with van der Waals surface area (Å²) in [5.74, 6) is 0.329. The topological polar surface area (TPSA) is 32.3 Å². The number of aromatic hydroxyl groups is 1. The van der Waals surface area contributed by atoms with E-state index in [2.05, 4.69) is 26.1 Å². The van der Waals surface area contributed by atoms with E-state index in [-0.39, 0.29) is 6.04 Å². The quantitative estimate of drug-likeness (QED) is 0.747. The van der Waals surface area contributed by atoms with Gasteiger partial charge in [0.1, 0.15) is 5.75 Å². The number of hydrogen-bond donors (Lipinski definition) is 2. The molecule has 0 aliphatic carbocycles. The van der Waals surface area contributed by atoms with Crippen LogP contribution < -0.4 is 5.32 Å². The fraction of sp³-hybridized carbons (Fsp3) is 0.455. The van der Waals surface area contributed by atoms with Crippen molar-refractivity contribution in [2.75, 3.05) is 0 Å². The smallest absolute Gasteiger partial charge is 0.115 e. The Morgan fingerprint density at radius 1 is 1.23 bits per heavy atom. The van der Waals surface area contributed by atoms with Crippen LogP contribution in [-0.2, 0) is 0 Å². The summed E-state index contributed by atoms with van der Waals surface area (Å²) >= 11 is 0. The van der Waals surface area contributed by atoms with E-state index in [0.29, 0.717) is 11.8 Å². The van der Waals surface area contributed by atoms with E-state index in [1.807, 2.05) is 12.1 Å². The first-order valence-electron chi connectivity index (χ1n) is 4.64. The lowest BCUT2D eigenvalue weighted by atomic mass is 10.1. The number of nitrogens with one attached hydrogen (secondary N) is 1. The first-order valence-corrected chi connectivity index (χ1v) is 4.64. The van der Waals surface area contributed by atoms with Crippen molar-refractivity contribution in [3.05, 3.63) is 29.8 Å². The van der Waals surface area contributed by atoms with Crippen LogP contribution in [-0.4, -0.2) is 11.1 Å². The highest BCUT2D eigenvalue weighted by atomic mass is 16.3. The zero-order valence-corrected chi connectivity index (χ0v) is 8.41. The van der Waals surface area contributed by atoms with Gasteiger partial charge in [-0.05, 0) is 24.6 Å². The molecule has 1 aromatic carbocycles. The monoisotopic (exact) mass is 179 g/mol. The van der Waals surface area contributed by atoms with Crippen LogP contribution in [0.3, 0.4) is 0 Å². The van der Waals surface area contributed by atoms with Crippen molar-refractivity contribution in [1.82, 2.24) is 5.32 Å². The third-order valence-corrected chi connectivity index (χ3v) is 1.95. The van der Waals surface area contributed by atoms with Crippen LogP contribution in [0.2, 0.25) is 0 Å². The SMILES string of the molecule is CC(C)N[C@@H](C)c1cccc(O)c1. The lowest BCUT2D eigenvalue weighted by Crippen LogP contribution is -2.25. The summed E-state index contributed by atoms with van der Waals surface area (Å²) in [6.45, 7) is 6.31. The largest absolute Gasteiger partial charge is 0.508 e. The van der Waals surface area contributed by atoms with Crippen molar-refractivity contribution < 1.29 is 5.11 Å². The zero-order chi connectivity index (χ0) is 9.84. The molecule has 2 heteroatoms. The summed E-state index contributed by atoms with van der Waals surface area (Å²) in [6, 6.07) is 8.10. The Labute approximate surface area is 79.6 Å². The molecule has 1 rings (SSSR count). The van der Waals surface area contributed by atoms with Crippen LogP contribution in [0.5, 0.6) is 5.75 Å². The highest BCUT2D eigenvalue weighted by Gasteiger charge is 2.06. The number of phenolic OH excluding ortho intramolecular Hbond substituents is 1. The van der Waals surface area contributed by atoms with Gasteiger partial charge in [-0.1, -0.05) is 26.0 Å². The molecule has 0 amide bonds. The third kappa shape index (κ3) is 3.07. The minimum Gasteiger partial charge on any atom is -0.508 e. The van der Waals surface area contributed by atoms with Gasteiger partial charge in [0, 0.05) is 12.1 Å². The Bertz CT molecular complexity index is 271. The molecule has 13 heavy (non-hydrogen) atoms. The molecule has 0 bridgehead atoms. The highest BCUT2D eigenvalue weighted by Crippen LogP contribution is 2.17. The predicted octanol–water partition coefficient (Wildman–Crippen LogP) is 2.45. The van der Waals surface area contributed by atoms with E-state index in [1.54, 1.807) is 12.1 Å². The average Bonchev–Trinajstić information content (AvgIpc) is 2.03. The van der Waals surface area contributed by atoms with Crippen LogP contribution >= 0.6 is 0 Å². The molecule has 0 heterocycles. The molecule has 0 radical (unpaired) electrons. The minimum absolute atomic E-state index is 0.284. The Kier molecular flexibility index (Phi) is 3.32. The Hall–Kier alpha value is -1.02. The molecule has 0 aliphatic heterocycles. The van der Waals surface area contributed by atoms with Gasteiger partial charge in [0.25, 0.3) is 0 Å². The number of hydrogen-bond acceptors (Lipinski definition) is 2. The van der Waals surface area contributed by atoms with Crippen molar-refractivity contribution in [2.45, 2.75) is 32.9 Å². The van der Waals surface area contributed by atoms with Crippen LogP contribution in [0.25, 0.3) is 0 Å². The molecule has 2 nitrogen and oxygen atoms in total. The summed E-state index contributed by atoms with van der Waals surface area (Å²) in [7, 11) is 0. The predicted molar refractivity (Wildman–Crippen MR) is 54.8 cm³/mol. The van der Waals surface area contributed by atoms with Crippen molar-refractivity contribution in [2.24, 2.45) is 0 Å². The van der Waals surface area contributed by atoms with Gasteiger partial charge in [-0.15, -0.1) is 0 Å². The standard InChI is InChI=1S/C11H17NO/c1-8(2)12-9(3)10-5-4-6-11(13)7-10/h4-9,12-13H,1-3H3/t9-/m0/s1. The van der Waals surface area contributed by atoms with Crippen molar-refractivity contribution in [1.29, 1.82) is 0 Å². The zero-order valence-electron chi connectivity index (χ0n) is 8.41. The second-order valence-corrected chi connectivity index (χ2v) is 3.64. The van der Waals surface area contributed by atoms with Crippen LogP contribution in [0.15, 0.2) is 24.3 Å². The van der Waals surface area contributed by atoms with Crippen LogP contribution in [0.4, 0.5) is 0 Å². The molecule has 72 valence electrons. The molecule has 0 spiro atoms. The summed E-state index contributed by atoms with van der Waals surface area (Å²) in [5.41, 5.74) is 1.12. The summed E-state index contributed by atoms with van der Waals surface area (Å²) in [5, 5.41) is 12.6. The van der Waals surface area contributed by atoms with E-state index in [4.69, 9.17) is 0 Å². The fourth-order valence-electron chi connectivity index (χ4n) is 1.39. The van der Waals surface area contributed by atoms with Gasteiger partial charge in [0.05, 0.1) is 0 Å². The van der Waals surface area contributed by atoms with Crippen LogP contribution in [0, 0.1) is 0 Å². The lowest BCUT2D eigenvalue weighted by Gasteiger charge is -2.17. The molecule has 0 saturated carbocycles. The highest BCUT2D eigenvalue weighted by molar-refractivity contribution is 5.29. The summed E-state index contributed by atoms with van der Waals surface area (Å²) < 4.78 is 0. The normalized spacial score (nSPS) is 13.2. The van der Waals surface area contributed by atoms with Gasteiger partial charge < -0.3 is 10.4 Å². The van der Waals surface area contributed by atoms with Gasteiger partial charge in [-0.3, -0.25) is 0 Å². The molecule has 0 aliphatic rings. The molecular formula is C11H17NO. The first-order chi connectivity index (χ1) is 6.09. The first kappa shape index (κ1) is 10.1. The molecule has 0 saturated heterocycles. The third-order valence-electron chi connectivity index (χ3n) is 1.95. The Morgan fingerprint density at radius 2 is 1.92 bits per heavy atom. The van der Waals surface area contributed by atoms with Gasteiger partial charge in [-0.25, -0.2) is 0 Å². The fourth-order valence-corrected chi connectivity index (χ4v) is 1.39. The van der Waals surface area contributed by atoms with E-state index in [1.165, 1.54) is 0 Å². The van der Waals surface area contributed by atoms with Gasteiger partial charge in [-0.2, -0.15) is 0 Å². The molecule has 2 N–H and O–H groups in total. The van der Waals surface area contributed by atoms with Gasteiger partial charge in [0.15, 0.2) is 0 Å². The molecule has 1 aromatic rings. The Morgan fingerprint density at radius 3 is 2.46 bits per heavy atom. The maximum absolute atomic E-state index is 9.27. The minimum atomic E-state index is 0.284. The number of benzene rings is 1. The van der Waals surface area contributed by atoms with E-state index >= 15 is 0 Å². The number of phenols is 1. The Balaban J connectivity index is 2.71. The second-order valence-electron chi connectivity index (χ2n) is 3.64. The van der Waals surface area contributed by atoms with Crippen LogP contribution in [0.1, 0.15) is 32.4 Å². The van der Waals surface area contributed by atoms with Gasteiger partial charge in [0.2, 0.25) is 0 Å². The lowest BCUT2D eigenvalue weighted by molar-refractivity contribution is 0.468. The molecule has 0 fully saturated rings. The van der Waals surface area contributed by atoms with Crippen molar-refractivity contribution in [3.8, 4) is 5.75 Å². The van der Waals surface area contributed by atoms with E-state index in [9.17, 15) is 5.11 Å². The molecule has 1 atom stereocenters.